The van der Waals surface area contributed by atoms with Crippen LogP contribution in [-0.4, -0.2) is 17.1 Å². The lowest BCUT2D eigenvalue weighted by molar-refractivity contribution is -0.0847. The Morgan fingerprint density at radius 3 is 2.86 bits per heavy atom. The number of hydrogen-bond donors (Lipinski definition) is 0. The number of ether oxygens (including phenoxy) is 1. The van der Waals surface area contributed by atoms with E-state index in [0.717, 1.165) is 29.7 Å². The molecular formula is C10H13BrN2O. The van der Waals surface area contributed by atoms with Crippen molar-refractivity contribution in [3.05, 3.63) is 23.8 Å². The van der Waals surface area contributed by atoms with Crippen LogP contribution in [0.3, 0.4) is 0 Å². The van der Waals surface area contributed by atoms with Crippen molar-refractivity contribution in [1.29, 1.82) is 0 Å². The third-order valence-electron chi connectivity index (χ3n) is 2.81. The summed E-state index contributed by atoms with van der Waals surface area (Å²) in [6.07, 6.45) is 5.08. The lowest BCUT2D eigenvalue weighted by Crippen LogP contribution is -2.38. The maximum absolute atomic E-state index is 5.52. The molecule has 76 valence electrons. The van der Waals surface area contributed by atoms with Gasteiger partial charge in [-0.1, -0.05) is 15.9 Å². The summed E-state index contributed by atoms with van der Waals surface area (Å²) < 4.78 is 5.52. The molecule has 1 aromatic heterocycles. The third-order valence-corrected chi connectivity index (χ3v) is 3.38. The standard InChI is InChI=1S/C10H13BrN2O/c1-14-10(4-2-5-10)9-12-6-3-8(7-11)13-9/h3,6H,2,4-5,7H2,1H3. The van der Waals surface area contributed by atoms with Gasteiger partial charge >= 0.3 is 0 Å². The lowest BCUT2D eigenvalue weighted by atomic mass is 9.79. The zero-order chi connectivity index (χ0) is 10.0. The van der Waals surface area contributed by atoms with Gasteiger partial charge < -0.3 is 4.74 Å². The molecule has 0 atom stereocenters. The molecule has 0 N–H and O–H groups in total. The van der Waals surface area contributed by atoms with Gasteiger partial charge in [-0.15, -0.1) is 0 Å². The molecule has 0 radical (unpaired) electrons. The molecule has 1 aromatic rings. The predicted molar refractivity (Wildman–Crippen MR) is 57.2 cm³/mol. The minimum atomic E-state index is -0.196. The highest BCUT2D eigenvalue weighted by atomic mass is 79.9. The smallest absolute Gasteiger partial charge is 0.160 e. The maximum Gasteiger partial charge on any atom is 0.160 e. The van der Waals surface area contributed by atoms with Gasteiger partial charge in [-0.2, -0.15) is 0 Å². The molecule has 0 spiro atoms. The zero-order valence-corrected chi connectivity index (χ0v) is 9.75. The Balaban J connectivity index is 2.30. The molecule has 1 aliphatic carbocycles. The molecular weight excluding hydrogens is 244 g/mol. The summed E-state index contributed by atoms with van der Waals surface area (Å²) in [5, 5.41) is 0.766. The van der Waals surface area contributed by atoms with Crippen LogP contribution in [0.1, 0.15) is 30.8 Å². The molecule has 4 heteroatoms. The van der Waals surface area contributed by atoms with E-state index >= 15 is 0 Å². The Labute approximate surface area is 92.0 Å². The van der Waals surface area contributed by atoms with Crippen molar-refractivity contribution in [2.75, 3.05) is 7.11 Å². The predicted octanol–water partition coefficient (Wildman–Crippen LogP) is 2.40. The summed E-state index contributed by atoms with van der Waals surface area (Å²) in [5.74, 6) is 0.836. The van der Waals surface area contributed by atoms with Gasteiger partial charge in [-0.25, -0.2) is 9.97 Å². The Morgan fingerprint density at radius 1 is 1.57 bits per heavy atom. The number of nitrogens with zero attached hydrogens (tertiary/aromatic N) is 2. The first-order chi connectivity index (χ1) is 6.80. The van der Waals surface area contributed by atoms with Crippen LogP contribution in [0.5, 0.6) is 0 Å². The van der Waals surface area contributed by atoms with Crippen LogP contribution in [0.15, 0.2) is 12.3 Å². The molecule has 2 rings (SSSR count). The van der Waals surface area contributed by atoms with Crippen molar-refractivity contribution >= 4 is 15.9 Å². The highest BCUT2D eigenvalue weighted by molar-refractivity contribution is 9.08. The zero-order valence-electron chi connectivity index (χ0n) is 8.16. The largest absolute Gasteiger partial charge is 0.370 e. The van der Waals surface area contributed by atoms with Crippen molar-refractivity contribution in [1.82, 2.24) is 9.97 Å². The normalized spacial score (nSPS) is 19.0. The van der Waals surface area contributed by atoms with E-state index in [1.165, 1.54) is 6.42 Å². The van der Waals surface area contributed by atoms with Crippen molar-refractivity contribution < 1.29 is 4.74 Å². The van der Waals surface area contributed by atoms with Gasteiger partial charge in [-0.05, 0) is 25.3 Å². The fourth-order valence-electron chi connectivity index (χ4n) is 1.71. The molecule has 0 saturated heterocycles. The molecule has 0 bridgehead atoms. The van der Waals surface area contributed by atoms with Gasteiger partial charge in [0, 0.05) is 18.6 Å². The second-order valence-corrected chi connectivity index (χ2v) is 4.12. The highest BCUT2D eigenvalue weighted by Gasteiger charge is 2.41. The minimum absolute atomic E-state index is 0.196. The van der Waals surface area contributed by atoms with Gasteiger partial charge in [0.15, 0.2) is 5.82 Å². The van der Waals surface area contributed by atoms with Crippen LogP contribution in [0.4, 0.5) is 0 Å². The number of methoxy groups -OCH3 is 1. The first kappa shape index (κ1) is 10.1. The van der Waals surface area contributed by atoms with Crippen LogP contribution in [0, 0.1) is 0 Å². The van der Waals surface area contributed by atoms with E-state index in [1.807, 2.05) is 6.07 Å². The average molecular weight is 257 g/mol. The first-order valence-corrected chi connectivity index (χ1v) is 5.86. The maximum atomic E-state index is 5.52. The third kappa shape index (κ3) is 1.57. The number of hydrogen-bond acceptors (Lipinski definition) is 3. The SMILES string of the molecule is COC1(c2nccc(CBr)n2)CCC1. The number of rotatable bonds is 3. The monoisotopic (exact) mass is 256 g/mol. The van der Waals surface area contributed by atoms with E-state index in [1.54, 1.807) is 13.3 Å². The fourth-order valence-corrected chi connectivity index (χ4v) is 2.02. The molecule has 1 heterocycles. The molecule has 14 heavy (non-hydrogen) atoms. The van der Waals surface area contributed by atoms with Crippen molar-refractivity contribution in [3.8, 4) is 0 Å². The Morgan fingerprint density at radius 2 is 2.36 bits per heavy atom. The second-order valence-electron chi connectivity index (χ2n) is 3.56. The van der Waals surface area contributed by atoms with Gasteiger partial charge in [0.1, 0.15) is 5.60 Å². The Kier molecular flexibility index (Phi) is 2.83. The number of halogens is 1. The second kappa shape index (κ2) is 3.95. The average Bonchev–Trinajstić information content (AvgIpc) is 2.18. The summed E-state index contributed by atoms with van der Waals surface area (Å²) in [4.78, 5) is 8.77. The van der Waals surface area contributed by atoms with Crippen molar-refractivity contribution in [2.45, 2.75) is 30.2 Å². The number of aromatic nitrogens is 2. The van der Waals surface area contributed by atoms with Crippen LogP contribution in [0.2, 0.25) is 0 Å². The van der Waals surface area contributed by atoms with Gasteiger partial charge in [0.2, 0.25) is 0 Å². The molecule has 1 fully saturated rings. The van der Waals surface area contributed by atoms with Crippen molar-refractivity contribution in [2.24, 2.45) is 0 Å². The van der Waals surface area contributed by atoms with E-state index in [0.29, 0.717) is 0 Å². The molecule has 3 nitrogen and oxygen atoms in total. The summed E-state index contributed by atoms with van der Waals surface area (Å²) in [6, 6.07) is 1.92. The quantitative estimate of drug-likeness (QED) is 0.780. The summed E-state index contributed by atoms with van der Waals surface area (Å²) in [6.45, 7) is 0. The summed E-state index contributed by atoms with van der Waals surface area (Å²) in [7, 11) is 1.74. The van der Waals surface area contributed by atoms with Crippen LogP contribution < -0.4 is 0 Å². The molecule has 0 aliphatic heterocycles. The topological polar surface area (TPSA) is 35.0 Å². The minimum Gasteiger partial charge on any atom is -0.370 e. The van der Waals surface area contributed by atoms with E-state index in [-0.39, 0.29) is 5.60 Å². The van der Waals surface area contributed by atoms with Crippen LogP contribution in [0.25, 0.3) is 0 Å². The molecule has 0 amide bonds. The van der Waals surface area contributed by atoms with Gasteiger partial charge in [0.05, 0.1) is 5.69 Å². The Hall–Kier alpha value is -0.480. The molecule has 1 saturated carbocycles. The summed E-state index contributed by atoms with van der Waals surface area (Å²) >= 11 is 3.39. The van der Waals surface area contributed by atoms with E-state index < -0.39 is 0 Å². The Bertz CT molecular complexity index is 320. The highest BCUT2D eigenvalue weighted by Crippen LogP contribution is 2.42. The van der Waals surface area contributed by atoms with E-state index in [9.17, 15) is 0 Å². The fraction of sp³-hybridized carbons (Fsp3) is 0.600. The summed E-state index contributed by atoms with van der Waals surface area (Å²) in [5.41, 5.74) is 0.816. The first-order valence-electron chi connectivity index (χ1n) is 4.74. The molecule has 1 aliphatic rings. The molecule has 0 unspecified atom stereocenters. The van der Waals surface area contributed by atoms with E-state index in [4.69, 9.17) is 4.74 Å². The number of alkyl halides is 1. The lowest BCUT2D eigenvalue weighted by Gasteiger charge is -2.38. The molecule has 0 aromatic carbocycles. The van der Waals surface area contributed by atoms with Gasteiger partial charge in [-0.3, -0.25) is 0 Å². The van der Waals surface area contributed by atoms with E-state index in [2.05, 4.69) is 25.9 Å². The van der Waals surface area contributed by atoms with Gasteiger partial charge in [0.25, 0.3) is 0 Å². The van der Waals surface area contributed by atoms with Crippen molar-refractivity contribution in [3.63, 3.8) is 0 Å². The van der Waals surface area contributed by atoms with Crippen LogP contribution in [-0.2, 0) is 15.7 Å². The van der Waals surface area contributed by atoms with Crippen LogP contribution >= 0.6 is 15.9 Å².